The highest BCUT2D eigenvalue weighted by Gasteiger charge is 2.29. The zero-order valence-corrected chi connectivity index (χ0v) is 15.4. The van der Waals surface area contributed by atoms with Crippen LogP contribution in [0.15, 0.2) is 66.7 Å². The molecule has 3 nitrogen and oxygen atoms in total. The van der Waals surface area contributed by atoms with Gasteiger partial charge < -0.3 is 14.2 Å². The van der Waals surface area contributed by atoms with Crippen LogP contribution in [0.4, 0.5) is 0 Å². The number of benzene rings is 3. The van der Waals surface area contributed by atoms with Gasteiger partial charge in [-0.2, -0.15) is 0 Å². The van der Waals surface area contributed by atoms with E-state index in [1.54, 1.807) is 6.07 Å². The van der Waals surface area contributed by atoms with Crippen LogP contribution in [0, 0.1) is 0 Å². The molecule has 0 amide bonds. The fourth-order valence-corrected chi connectivity index (χ4v) is 4.68. The van der Waals surface area contributed by atoms with E-state index < -0.39 is 8.38 Å². The molecule has 3 rings (SSSR count). The molecule has 0 aliphatic rings. The standard InChI is InChI=1S/C21H23O3P/c1-3-23-25(24-4-2)21(19-11-7-8-12-20(19)22)18-14-13-16-9-5-6-10-17(16)15-18/h5-15,21-22H,3-4H2,1-2H3. The van der Waals surface area contributed by atoms with Crippen LogP contribution in [0.25, 0.3) is 10.8 Å². The van der Waals surface area contributed by atoms with Gasteiger partial charge in [-0.15, -0.1) is 0 Å². The maximum absolute atomic E-state index is 10.4. The Morgan fingerprint density at radius 3 is 2.16 bits per heavy atom. The van der Waals surface area contributed by atoms with Gasteiger partial charge in [0.25, 0.3) is 0 Å². The predicted molar refractivity (Wildman–Crippen MR) is 104 cm³/mol. The second-order valence-corrected chi connectivity index (χ2v) is 7.29. The summed E-state index contributed by atoms with van der Waals surface area (Å²) in [6.07, 6.45) is 0. The fourth-order valence-electron chi connectivity index (χ4n) is 2.95. The van der Waals surface area contributed by atoms with Gasteiger partial charge in [0.2, 0.25) is 0 Å². The molecule has 0 heterocycles. The molecular formula is C21H23O3P. The molecule has 0 bridgehead atoms. The molecule has 4 heteroatoms. The highest BCUT2D eigenvalue weighted by atomic mass is 31.2. The van der Waals surface area contributed by atoms with Crippen molar-refractivity contribution in [2.24, 2.45) is 0 Å². The van der Waals surface area contributed by atoms with E-state index in [-0.39, 0.29) is 11.4 Å². The zero-order chi connectivity index (χ0) is 17.6. The number of hydrogen-bond donors (Lipinski definition) is 1. The minimum Gasteiger partial charge on any atom is -0.508 e. The lowest BCUT2D eigenvalue weighted by atomic mass is 10.00. The van der Waals surface area contributed by atoms with Crippen LogP contribution in [-0.2, 0) is 9.05 Å². The van der Waals surface area contributed by atoms with E-state index in [0.717, 1.165) is 11.1 Å². The SMILES string of the molecule is CCOP(OCC)C(c1ccc2ccccc2c1)c1ccccc1O. The molecule has 130 valence electrons. The van der Waals surface area contributed by atoms with Crippen LogP contribution >= 0.6 is 8.38 Å². The predicted octanol–water partition coefficient (Wildman–Crippen LogP) is 6.02. The second-order valence-electron chi connectivity index (χ2n) is 5.69. The van der Waals surface area contributed by atoms with Gasteiger partial charge >= 0.3 is 0 Å². The summed E-state index contributed by atoms with van der Waals surface area (Å²) in [5.41, 5.74) is 1.79. The molecule has 3 aromatic carbocycles. The van der Waals surface area contributed by atoms with E-state index in [4.69, 9.17) is 9.05 Å². The molecule has 3 aromatic rings. The summed E-state index contributed by atoms with van der Waals surface area (Å²) in [5, 5.41) is 12.8. The summed E-state index contributed by atoms with van der Waals surface area (Å²) < 4.78 is 11.9. The molecule has 0 aliphatic heterocycles. The number of aromatic hydroxyl groups is 1. The van der Waals surface area contributed by atoms with Crippen molar-refractivity contribution in [1.29, 1.82) is 0 Å². The van der Waals surface area contributed by atoms with Crippen molar-refractivity contribution in [2.75, 3.05) is 13.2 Å². The first-order valence-electron chi connectivity index (χ1n) is 8.56. The zero-order valence-electron chi connectivity index (χ0n) is 14.6. The largest absolute Gasteiger partial charge is 0.508 e. The molecule has 0 fully saturated rings. The van der Waals surface area contributed by atoms with Gasteiger partial charge in [0.05, 0.1) is 18.9 Å². The Balaban J connectivity index is 2.12. The second kappa shape index (κ2) is 8.44. The Morgan fingerprint density at radius 2 is 1.48 bits per heavy atom. The Morgan fingerprint density at radius 1 is 0.840 bits per heavy atom. The van der Waals surface area contributed by atoms with Crippen molar-refractivity contribution in [2.45, 2.75) is 19.5 Å². The Hall–Kier alpha value is -1.93. The highest BCUT2D eigenvalue weighted by molar-refractivity contribution is 7.48. The fraction of sp³-hybridized carbons (Fsp3) is 0.238. The number of rotatable bonds is 7. The van der Waals surface area contributed by atoms with Gasteiger partial charge in [-0.05, 0) is 36.2 Å². The molecule has 0 saturated heterocycles. The first-order valence-corrected chi connectivity index (χ1v) is 9.81. The lowest BCUT2D eigenvalue weighted by Gasteiger charge is -2.27. The van der Waals surface area contributed by atoms with Crippen molar-refractivity contribution in [3.8, 4) is 5.75 Å². The Kier molecular flexibility index (Phi) is 6.04. The van der Waals surface area contributed by atoms with E-state index in [2.05, 4.69) is 30.3 Å². The molecule has 1 unspecified atom stereocenters. The van der Waals surface area contributed by atoms with E-state index in [0.29, 0.717) is 13.2 Å². The Labute approximate surface area is 150 Å². The van der Waals surface area contributed by atoms with Gasteiger partial charge in [0.15, 0.2) is 8.38 Å². The maximum atomic E-state index is 10.4. The van der Waals surface area contributed by atoms with Gasteiger partial charge in [-0.1, -0.05) is 60.7 Å². The van der Waals surface area contributed by atoms with E-state index in [9.17, 15) is 5.11 Å². The number of phenolic OH excluding ortho intramolecular Hbond substituents is 1. The molecule has 1 N–H and O–H groups in total. The number of hydrogen-bond acceptors (Lipinski definition) is 3. The summed E-state index contributed by atoms with van der Waals surface area (Å²) in [6, 6.07) is 22.1. The quantitative estimate of drug-likeness (QED) is 0.527. The third kappa shape index (κ3) is 4.01. The molecule has 0 aliphatic carbocycles. The highest BCUT2D eigenvalue weighted by Crippen LogP contribution is 2.58. The third-order valence-electron chi connectivity index (χ3n) is 4.04. The van der Waals surface area contributed by atoms with Crippen LogP contribution in [0.3, 0.4) is 0 Å². The van der Waals surface area contributed by atoms with Gasteiger partial charge in [-0.3, -0.25) is 0 Å². The van der Waals surface area contributed by atoms with Crippen molar-refractivity contribution in [3.63, 3.8) is 0 Å². The summed E-state index contributed by atoms with van der Waals surface area (Å²) in [4.78, 5) is 0. The van der Waals surface area contributed by atoms with Crippen molar-refractivity contribution >= 4 is 19.1 Å². The average molecular weight is 354 g/mol. The molecule has 0 spiro atoms. The lowest BCUT2D eigenvalue weighted by Crippen LogP contribution is -2.05. The molecular weight excluding hydrogens is 331 g/mol. The number of phenols is 1. The summed E-state index contributed by atoms with van der Waals surface area (Å²) in [7, 11) is -1.21. The van der Waals surface area contributed by atoms with Gasteiger partial charge in [0.1, 0.15) is 5.75 Å². The smallest absolute Gasteiger partial charge is 0.183 e. The molecule has 25 heavy (non-hydrogen) atoms. The molecule has 1 atom stereocenters. The van der Waals surface area contributed by atoms with E-state index >= 15 is 0 Å². The van der Waals surface area contributed by atoms with E-state index in [1.807, 2.05) is 44.2 Å². The minimum atomic E-state index is -1.21. The topological polar surface area (TPSA) is 38.7 Å². The molecule has 0 saturated carbocycles. The van der Waals surface area contributed by atoms with Crippen molar-refractivity contribution in [1.82, 2.24) is 0 Å². The monoisotopic (exact) mass is 354 g/mol. The summed E-state index contributed by atoms with van der Waals surface area (Å²) in [5.74, 6) is 0.271. The van der Waals surface area contributed by atoms with E-state index in [1.165, 1.54) is 10.8 Å². The van der Waals surface area contributed by atoms with Gasteiger partial charge in [-0.25, -0.2) is 0 Å². The number of fused-ring (bicyclic) bond motifs is 1. The first-order chi connectivity index (χ1) is 12.2. The summed E-state index contributed by atoms with van der Waals surface area (Å²) in [6.45, 7) is 5.08. The maximum Gasteiger partial charge on any atom is 0.183 e. The molecule has 0 radical (unpaired) electrons. The minimum absolute atomic E-state index is 0.138. The van der Waals surface area contributed by atoms with Crippen LogP contribution in [0.2, 0.25) is 0 Å². The van der Waals surface area contributed by atoms with Crippen LogP contribution in [0.5, 0.6) is 5.75 Å². The van der Waals surface area contributed by atoms with Gasteiger partial charge in [0, 0.05) is 5.56 Å². The van der Waals surface area contributed by atoms with Crippen LogP contribution in [0.1, 0.15) is 30.6 Å². The number of para-hydroxylation sites is 1. The summed E-state index contributed by atoms with van der Waals surface area (Å²) >= 11 is 0. The third-order valence-corrected chi connectivity index (χ3v) is 6.07. The normalized spacial score (nSPS) is 12.6. The van der Waals surface area contributed by atoms with Crippen LogP contribution in [-0.4, -0.2) is 18.3 Å². The Bertz CT molecular complexity index is 828. The van der Waals surface area contributed by atoms with Crippen LogP contribution < -0.4 is 0 Å². The molecule has 0 aromatic heterocycles. The average Bonchev–Trinajstić information content (AvgIpc) is 2.64. The van der Waals surface area contributed by atoms with Crippen molar-refractivity contribution in [3.05, 3.63) is 77.9 Å². The lowest BCUT2D eigenvalue weighted by molar-refractivity contribution is 0.264. The van der Waals surface area contributed by atoms with Crippen molar-refractivity contribution < 1.29 is 14.2 Å². The first kappa shape index (κ1) is 17.9.